The highest BCUT2D eigenvalue weighted by Gasteiger charge is 2.32. The lowest BCUT2D eigenvalue weighted by atomic mass is 9.77. The van der Waals surface area contributed by atoms with E-state index in [0.29, 0.717) is 12.3 Å². The number of carbonyl (C=O) groups is 1. The molecule has 0 aromatic heterocycles. The van der Waals surface area contributed by atoms with Crippen LogP contribution in [0.2, 0.25) is 0 Å². The number of nitrogens with zero attached hydrogens (tertiary/aromatic N) is 1. The summed E-state index contributed by atoms with van der Waals surface area (Å²) in [6, 6.07) is 9.02. The van der Waals surface area contributed by atoms with Crippen molar-refractivity contribution in [2.45, 2.75) is 38.6 Å². The molecular formula is C18H26N2O2. The zero-order valence-electron chi connectivity index (χ0n) is 13.3. The zero-order chi connectivity index (χ0) is 15.6. The van der Waals surface area contributed by atoms with Crippen LogP contribution in [0.15, 0.2) is 24.3 Å². The molecule has 4 nitrogen and oxygen atoms in total. The number of hydrogen-bond donors (Lipinski definition) is 2. The number of aliphatic carboxylic acids is 1. The van der Waals surface area contributed by atoms with E-state index >= 15 is 0 Å². The van der Waals surface area contributed by atoms with Gasteiger partial charge in [0, 0.05) is 25.6 Å². The Morgan fingerprint density at radius 3 is 2.41 bits per heavy atom. The van der Waals surface area contributed by atoms with Gasteiger partial charge in [0.25, 0.3) is 0 Å². The van der Waals surface area contributed by atoms with Crippen molar-refractivity contribution in [3.63, 3.8) is 0 Å². The third-order valence-corrected chi connectivity index (χ3v) is 5.28. The average Bonchev–Trinajstić information content (AvgIpc) is 2.41. The molecule has 0 spiro atoms. The summed E-state index contributed by atoms with van der Waals surface area (Å²) < 4.78 is 0. The number of benzene rings is 1. The van der Waals surface area contributed by atoms with Gasteiger partial charge in [-0.2, -0.15) is 0 Å². The number of likely N-dealkylation sites (tertiary alicyclic amines) is 1. The second-order valence-electron chi connectivity index (χ2n) is 7.25. The van der Waals surface area contributed by atoms with Gasteiger partial charge in [0.05, 0.1) is 6.42 Å². The zero-order valence-corrected chi connectivity index (χ0v) is 13.3. The van der Waals surface area contributed by atoms with Gasteiger partial charge in [-0.1, -0.05) is 31.2 Å². The fraction of sp³-hybridized carbons (Fsp3) is 0.611. The summed E-state index contributed by atoms with van der Waals surface area (Å²) in [6.45, 7) is 7.30. The van der Waals surface area contributed by atoms with Gasteiger partial charge in [0.1, 0.15) is 0 Å². The van der Waals surface area contributed by atoms with Crippen LogP contribution in [-0.2, 0) is 11.3 Å². The normalized spacial score (nSPS) is 22.2. The van der Waals surface area contributed by atoms with Crippen LogP contribution in [-0.4, -0.2) is 42.2 Å². The predicted molar refractivity (Wildman–Crippen MR) is 86.9 cm³/mol. The molecule has 3 rings (SSSR count). The van der Waals surface area contributed by atoms with E-state index in [2.05, 4.69) is 41.4 Å². The Morgan fingerprint density at radius 1 is 1.27 bits per heavy atom. The lowest BCUT2D eigenvalue weighted by Gasteiger charge is -2.38. The van der Waals surface area contributed by atoms with Crippen molar-refractivity contribution < 1.29 is 9.90 Å². The van der Waals surface area contributed by atoms with Gasteiger partial charge >= 0.3 is 5.97 Å². The Labute approximate surface area is 132 Å². The van der Waals surface area contributed by atoms with Crippen LogP contribution in [0.4, 0.5) is 0 Å². The molecule has 0 aliphatic carbocycles. The van der Waals surface area contributed by atoms with Crippen molar-refractivity contribution in [2.24, 2.45) is 5.41 Å². The average molecular weight is 302 g/mol. The fourth-order valence-corrected chi connectivity index (χ4v) is 3.47. The summed E-state index contributed by atoms with van der Waals surface area (Å²) >= 11 is 0. The van der Waals surface area contributed by atoms with E-state index < -0.39 is 5.97 Å². The minimum absolute atomic E-state index is 0.0244. The van der Waals surface area contributed by atoms with E-state index in [0.717, 1.165) is 45.6 Å². The largest absolute Gasteiger partial charge is 0.481 e. The highest BCUT2D eigenvalue weighted by molar-refractivity contribution is 5.67. The Balaban J connectivity index is 1.51. The number of nitrogens with one attached hydrogen (secondary N) is 1. The molecule has 22 heavy (non-hydrogen) atoms. The molecule has 0 saturated carbocycles. The number of carboxylic acid groups (broad SMARTS) is 1. The molecule has 2 aliphatic rings. The Morgan fingerprint density at radius 2 is 1.91 bits per heavy atom. The lowest BCUT2D eigenvalue weighted by Crippen LogP contribution is -2.40. The molecule has 120 valence electrons. The highest BCUT2D eigenvalue weighted by atomic mass is 16.4. The smallest absolute Gasteiger partial charge is 0.303 e. The Bertz CT molecular complexity index is 514. The summed E-state index contributed by atoms with van der Waals surface area (Å²) in [7, 11) is 0. The summed E-state index contributed by atoms with van der Waals surface area (Å²) in [4.78, 5) is 13.4. The van der Waals surface area contributed by atoms with Crippen molar-refractivity contribution in [2.75, 3.05) is 26.2 Å². The van der Waals surface area contributed by atoms with Gasteiger partial charge in [0.15, 0.2) is 0 Å². The van der Waals surface area contributed by atoms with Crippen molar-refractivity contribution in [3.05, 3.63) is 35.4 Å². The first kappa shape index (κ1) is 15.5. The van der Waals surface area contributed by atoms with Gasteiger partial charge < -0.3 is 10.4 Å². The summed E-state index contributed by atoms with van der Waals surface area (Å²) in [5.41, 5.74) is 2.77. The number of carboxylic acids is 1. The van der Waals surface area contributed by atoms with E-state index in [4.69, 9.17) is 5.11 Å². The number of piperidine rings is 1. The standard InChI is InChI=1S/C18H26N2O2/c1-18(10-17(21)22)6-8-20(9-7-18)13-14-2-4-15(5-3-14)16-11-19-12-16/h2-5,16,19H,6-13H2,1H3,(H,21,22). The Kier molecular flexibility index (Phi) is 4.50. The molecule has 2 fully saturated rings. The van der Waals surface area contributed by atoms with Crippen molar-refractivity contribution in [1.29, 1.82) is 0 Å². The monoisotopic (exact) mass is 302 g/mol. The minimum atomic E-state index is -0.669. The maximum atomic E-state index is 10.9. The maximum absolute atomic E-state index is 10.9. The second kappa shape index (κ2) is 6.39. The molecule has 2 heterocycles. The predicted octanol–water partition coefficient (Wildman–Crippen LogP) is 2.45. The van der Waals surface area contributed by atoms with Crippen LogP contribution < -0.4 is 5.32 Å². The molecule has 2 N–H and O–H groups in total. The van der Waals surface area contributed by atoms with Gasteiger partial charge in [-0.15, -0.1) is 0 Å². The molecule has 0 unspecified atom stereocenters. The van der Waals surface area contributed by atoms with Gasteiger partial charge in [0.2, 0.25) is 0 Å². The van der Waals surface area contributed by atoms with E-state index in [-0.39, 0.29) is 5.41 Å². The maximum Gasteiger partial charge on any atom is 0.303 e. The van der Waals surface area contributed by atoms with Crippen LogP contribution in [0.3, 0.4) is 0 Å². The first-order valence-corrected chi connectivity index (χ1v) is 8.28. The molecule has 4 heteroatoms. The van der Waals surface area contributed by atoms with E-state index in [9.17, 15) is 4.79 Å². The molecule has 0 atom stereocenters. The Hall–Kier alpha value is -1.39. The third kappa shape index (κ3) is 3.68. The van der Waals surface area contributed by atoms with E-state index in [1.807, 2.05) is 0 Å². The summed E-state index contributed by atoms with van der Waals surface area (Å²) in [5.74, 6) is 0.0257. The van der Waals surface area contributed by atoms with E-state index in [1.54, 1.807) is 0 Å². The lowest BCUT2D eigenvalue weighted by molar-refractivity contribution is -0.140. The van der Waals surface area contributed by atoms with Gasteiger partial charge in [-0.05, 0) is 42.5 Å². The number of hydrogen-bond acceptors (Lipinski definition) is 3. The molecule has 2 saturated heterocycles. The molecular weight excluding hydrogens is 276 g/mol. The van der Waals surface area contributed by atoms with Crippen LogP contribution in [0.25, 0.3) is 0 Å². The van der Waals surface area contributed by atoms with Crippen LogP contribution >= 0.6 is 0 Å². The van der Waals surface area contributed by atoms with Gasteiger partial charge in [-0.25, -0.2) is 0 Å². The molecule has 2 aliphatic heterocycles. The molecule has 0 bridgehead atoms. The summed E-state index contributed by atoms with van der Waals surface area (Å²) in [6.07, 6.45) is 2.25. The molecule has 0 radical (unpaired) electrons. The third-order valence-electron chi connectivity index (χ3n) is 5.28. The van der Waals surface area contributed by atoms with Crippen LogP contribution in [0, 0.1) is 5.41 Å². The second-order valence-corrected chi connectivity index (χ2v) is 7.25. The van der Waals surface area contributed by atoms with Crippen molar-refractivity contribution >= 4 is 5.97 Å². The quantitative estimate of drug-likeness (QED) is 0.877. The van der Waals surface area contributed by atoms with Crippen molar-refractivity contribution in [3.8, 4) is 0 Å². The topological polar surface area (TPSA) is 52.6 Å². The first-order chi connectivity index (χ1) is 10.5. The SMILES string of the molecule is CC1(CC(=O)O)CCN(Cc2ccc(C3CNC3)cc2)CC1. The number of rotatable bonds is 5. The summed E-state index contributed by atoms with van der Waals surface area (Å²) in [5, 5.41) is 12.3. The van der Waals surface area contributed by atoms with E-state index in [1.165, 1.54) is 11.1 Å². The van der Waals surface area contributed by atoms with Crippen molar-refractivity contribution in [1.82, 2.24) is 10.2 Å². The van der Waals surface area contributed by atoms with Gasteiger partial charge in [-0.3, -0.25) is 9.69 Å². The van der Waals surface area contributed by atoms with Crippen LogP contribution in [0.1, 0.15) is 43.2 Å². The molecule has 1 aromatic rings. The fourth-order valence-electron chi connectivity index (χ4n) is 3.47. The molecule has 0 amide bonds. The molecule has 1 aromatic carbocycles. The van der Waals surface area contributed by atoms with Crippen LogP contribution in [0.5, 0.6) is 0 Å². The first-order valence-electron chi connectivity index (χ1n) is 8.28. The minimum Gasteiger partial charge on any atom is -0.481 e. The highest BCUT2D eigenvalue weighted by Crippen LogP contribution is 2.34.